The lowest BCUT2D eigenvalue weighted by molar-refractivity contribution is 0.912. The predicted octanol–water partition coefficient (Wildman–Crippen LogP) is 3.23. The number of allylic oxidation sites excluding steroid dienone is 5. The average molecular weight is 262 g/mol. The smallest absolute Gasteiger partial charge is 0.0918 e. The highest BCUT2D eigenvalue weighted by molar-refractivity contribution is 6.40. The third-order valence-electron chi connectivity index (χ3n) is 4.00. The van der Waals surface area contributed by atoms with Crippen LogP contribution in [0.5, 0.6) is 0 Å². The van der Waals surface area contributed by atoms with Crippen LogP contribution in [0.4, 0.5) is 0 Å². The predicted molar refractivity (Wildman–Crippen MR) is 92.6 cm³/mol. The standard InChI is InChI=1S/C19H23B/c1-15-9-11-19(3,20-4)12-10-16(2)14-18-8-6-5-7-17(18)13-15/h5-14,16,20H,1H2,2-4H3/b11-9-,12-10-,17-13-,18-14-. The first kappa shape index (κ1) is 14.6. The summed E-state index contributed by atoms with van der Waals surface area (Å²) in [6, 6.07) is 8.49. The SMILES string of the molecule is C=C1/C=C\C(C)(BC)/C=C\C(C)/C=c2/cccc/c2=C/1. The van der Waals surface area contributed by atoms with Gasteiger partial charge in [-0.1, -0.05) is 81.9 Å². The number of benzene rings is 1. The zero-order valence-electron chi connectivity index (χ0n) is 12.8. The molecule has 0 bridgehead atoms. The Morgan fingerprint density at radius 1 is 1.15 bits per heavy atom. The van der Waals surface area contributed by atoms with Crippen molar-refractivity contribution < 1.29 is 0 Å². The molecule has 0 heterocycles. The lowest BCUT2D eigenvalue weighted by Crippen LogP contribution is -2.24. The van der Waals surface area contributed by atoms with Crippen molar-refractivity contribution in [1.82, 2.24) is 0 Å². The third kappa shape index (κ3) is 3.63. The summed E-state index contributed by atoms with van der Waals surface area (Å²) in [4.78, 5) is 0. The van der Waals surface area contributed by atoms with Crippen molar-refractivity contribution in [3.8, 4) is 0 Å². The van der Waals surface area contributed by atoms with Crippen molar-refractivity contribution >= 4 is 19.4 Å². The molecule has 20 heavy (non-hydrogen) atoms. The van der Waals surface area contributed by atoms with Crippen LogP contribution in [0.3, 0.4) is 0 Å². The van der Waals surface area contributed by atoms with E-state index < -0.39 is 0 Å². The summed E-state index contributed by atoms with van der Waals surface area (Å²) < 4.78 is 0. The zero-order chi connectivity index (χ0) is 14.6. The highest BCUT2D eigenvalue weighted by Crippen LogP contribution is 2.29. The molecule has 1 heteroatoms. The maximum Gasteiger partial charge on any atom is 0.134 e. The van der Waals surface area contributed by atoms with E-state index in [0.717, 1.165) is 12.9 Å². The second-order valence-corrected chi connectivity index (χ2v) is 5.93. The molecule has 1 aromatic carbocycles. The first-order valence-electron chi connectivity index (χ1n) is 7.38. The molecular formula is C19H23B. The van der Waals surface area contributed by atoms with Gasteiger partial charge in [0.15, 0.2) is 0 Å². The van der Waals surface area contributed by atoms with Crippen LogP contribution in [-0.2, 0) is 0 Å². The van der Waals surface area contributed by atoms with Gasteiger partial charge in [0.1, 0.15) is 7.28 Å². The molecule has 2 rings (SSSR count). The van der Waals surface area contributed by atoms with Crippen LogP contribution in [0.1, 0.15) is 13.8 Å². The summed E-state index contributed by atoms with van der Waals surface area (Å²) in [5, 5.41) is 2.62. The second-order valence-electron chi connectivity index (χ2n) is 5.93. The van der Waals surface area contributed by atoms with Crippen LogP contribution in [0.15, 0.2) is 60.7 Å². The van der Waals surface area contributed by atoms with Gasteiger partial charge in [0.25, 0.3) is 0 Å². The highest BCUT2D eigenvalue weighted by atomic mass is 14.1. The van der Waals surface area contributed by atoms with Gasteiger partial charge in [-0.3, -0.25) is 0 Å². The van der Waals surface area contributed by atoms with Crippen molar-refractivity contribution in [2.24, 2.45) is 5.92 Å². The van der Waals surface area contributed by atoms with Crippen LogP contribution in [0, 0.1) is 5.92 Å². The fourth-order valence-electron chi connectivity index (χ4n) is 2.34. The lowest BCUT2D eigenvalue weighted by Gasteiger charge is -2.19. The molecule has 0 aromatic heterocycles. The molecule has 2 atom stereocenters. The molecule has 0 saturated heterocycles. The Hall–Kier alpha value is -1.76. The fraction of sp³-hybridized carbons (Fsp3) is 0.263. The largest absolute Gasteiger partial charge is 0.134 e. The molecule has 0 amide bonds. The van der Waals surface area contributed by atoms with Crippen LogP contribution in [0.2, 0.25) is 12.1 Å². The Labute approximate surface area is 123 Å². The molecule has 0 saturated carbocycles. The molecule has 0 aliphatic heterocycles. The summed E-state index contributed by atoms with van der Waals surface area (Å²) in [6.45, 7) is 10.9. The Kier molecular flexibility index (Phi) is 4.49. The van der Waals surface area contributed by atoms with E-state index in [9.17, 15) is 0 Å². The average Bonchev–Trinajstić information content (AvgIpc) is 2.46. The first-order valence-corrected chi connectivity index (χ1v) is 7.38. The van der Waals surface area contributed by atoms with E-state index in [1.807, 2.05) is 0 Å². The van der Waals surface area contributed by atoms with Gasteiger partial charge in [-0.05, 0) is 33.3 Å². The fourth-order valence-corrected chi connectivity index (χ4v) is 2.34. The van der Waals surface area contributed by atoms with Gasteiger partial charge in [0, 0.05) is 0 Å². The second kappa shape index (κ2) is 6.13. The summed E-state index contributed by atoms with van der Waals surface area (Å²) in [5.41, 5.74) is 1.05. The molecule has 0 spiro atoms. The van der Waals surface area contributed by atoms with E-state index in [1.165, 1.54) is 10.4 Å². The molecular weight excluding hydrogens is 239 g/mol. The number of fused-ring (bicyclic) bond motifs is 1. The van der Waals surface area contributed by atoms with E-state index in [-0.39, 0.29) is 5.31 Å². The Morgan fingerprint density at radius 2 is 1.85 bits per heavy atom. The van der Waals surface area contributed by atoms with E-state index >= 15 is 0 Å². The Morgan fingerprint density at radius 3 is 2.55 bits per heavy atom. The van der Waals surface area contributed by atoms with Gasteiger partial charge in [-0.25, -0.2) is 0 Å². The monoisotopic (exact) mass is 262 g/mol. The van der Waals surface area contributed by atoms with E-state index in [4.69, 9.17) is 0 Å². The Bertz CT molecular complexity index is 663. The summed E-state index contributed by atoms with van der Waals surface area (Å²) in [5.74, 6) is 0.426. The van der Waals surface area contributed by atoms with Crippen molar-refractivity contribution in [3.63, 3.8) is 0 Å². The minimum absolute atomic E-state index is 0.107. The molecule has 0 fully saturated rings. The topological polar surface area (TPSA) is 0 Å². The highest BCUT2D eigenvalue weighted by Gasteiger charge is 2.15. The van der Waals surface area contributed by atoms with Crippen molar-refractivity contribution in [1.29, 1.82) is 0 Å². The van der Waals surface area contributed by atoms with Gasteiger partial charge in [-0.15, -0.1) is 0 Å². The molecule has 0 N–H and O–H groups in total. The molecule has 0 radical (unpaired) electrons. The van der Waals surface area contributed by atoms with Gasteiger partial charge in [0.2, 0.25) is 0 Å². The van der Waals surface area contributed by atoms with Crippen molar-refractivity contribution in [2.45, 2.75) is 26.0 Å². The molecule has 0 nitrogen and oxygen atoms in total. The molecule has 1 aliphatic carbocycles. The van der Waals surface area contributed by atoms with E-state index in [0.29, 0.717) is 5.92 Å². The van der Waals surface area contributed by atoms with E-state index in [2.05, 4.69) is 88.0 Å². The van der Waals surface area contributed by atoms with Crippen LogP contribution in [0.25, 0.3) is 12.2 Å². The van der Waals surface area contributed by atoms with Gasteiger partial charge < -0.3 is 0 Å². The maximum atomic E-state index is 4.16. The van der Waals surface area contributed by atoms with Crippen LogP contribution < -0.4 is 10.4 Å². The van der Waals surface area contributed by atoms with Gasteiger partial charge in [0.05, 0.1) is 0 Å². The lowest BCUT2D eigenvalue weighted by atomic mass is 9.54. The quantitative estimate of drug-likeness (QED) is 0.538. The number of hydrogen-bond donors (Lipinski definition) is 0. The number of rotatable bonds is 1. The summed E-state index contributed by atoms with van der Waals surface area (Å²) in [6.07, 6.45) is 13.5. The summed E-state index contributed by atoms with van der Waals surface area (Å²) >= 11 is 0. The van der Waals surface area contributed by atoms with E-state index in [1.54, 1.807) is 0 Å². The van der Waals surface area contributed by atoms with Crippen molar-refractivity contribution in [3.05, 3.63) is 71.2 Å². The Balaban J connectivity index is 2.62. The van der Waals surface area contributed by atoms with Gasteiger partial charge in [-0.2, -0.15) is 0 Å². The maximum absolute atomic E-state index is 4.16. The third-order valence-corrected chi connectivity index (χ3v) is 4.00. The normalized spacial score (nSPS) is 32.5. The molecule has 102 valence electrons. The molecule has 1 aliphatic rings. The minimum Gasteiger partial charge on any atom is -0.0918 e. The van der Waals surface area contributed by atoms with Crippen molar-refractivity contribution in [2.75, 3.05) is 0 Å². The minimum atomic E-state index is 0.107. The molecule has 1 aromatic rings. The number of hydrogen-bond acceptors (Lipinski definition) is 0. The van der Waals surface area contributed by atoms with Crippen LogP contribution in [-0.4, -0.2) is 7.28 Å². The first-order chi connectivity index (χ1) is 9.52. The summed E-state index contributed by atoms with van der Waals surface area (Å²) in [7, 11) is 1.09. The molecule has 2 unspecified atom stereocenters. The van der Waals surface area contributed by atoms with Crippen LogP contribution >= 0.6 is 0 Å². The van der Waals surface area contributed by atoms with Gasteiger partial charge >= 0.3 is 0 Å². The zero-order valence-corrected chi connectivity index (χ0v) is 12.8.